The van der Waals surface area contributed by atoms with E-state index in [9.17, 15) is 14.4 Å². The number of carbonyl (C=O) groups is 3. The Morgan fingerprint density at radius 3 is 2.47 bits per heavy atom. The molecule has 32 heavy (non-hydrogen) atoms. The summed E-state index contributed by atoms with van der Waals surface area (Å²) in [6.45, 7) is -0.504. The van der Waals surface area contributed by atoms with Gasteiger partial charge in [0.15, 0.2) is 6.61 Å². The van der Waals surface area contributed by atoms with Crippen molar-refractivity contribution in [3.8, 4) is 5.75 Å². The van der Waals surface area contributed by atoms with Crippen LogP contribution in [0.1, 0.15) is 20.8 Å². The minimum atomic E-state index is -1.11. The number of ether oxygens (including phenoxy) is 1. The minimum Gasteiger partial charge on any atom is -0.481 e. The third-order valence-electron chi connectivity index (χ3n) is 4.00. The molecule has 0 bridgehead atoms. The molecule has 0 spiro atoms. The van der Waals surface area contributed by atoms with Crippen LogP contribution in [-0.4, -0.2) is 35.7 Å². The Kier molecular flexibility index (Phi) is 7.88. The first kappa shape index (κ1) is 22.4. The fourth-order valence-corrected chi connectivity index (χ4v) is 3.19. The second-order valence-corrected chi connectivity index (χ2v) is 7.29. The van der Waals surface area contributed by atoms with E-state index in [1.54, 1.807) is 60.7 Å². The van der Waals surface area contributed by atoms with Gasteiger partial charge in [-0.3, -0.25) is 9.59 Å². The van der Waals surface area contributed by atoms with Crippen LogP contribution in [0.25, 0.3) is 6.08 Å². The monoisotopic (exact) mass is 449 g/mol. The molecule has 0 aliphatic carbocycles. The summed E-state index contributed by atoms with van der Waals surface area (Å²) in [6, 6.07) is 18.8. The Morgan fingerprint density at radius 2 is 1.75 bits per heavy atom. The molecule has 0 radical (unpaired) electrons. The average Bonchev–Trinajstić information content (AvgIpc) is 3.31. The van der Waals surface area contributed by atoms with Gasteiger partial charge < -0.3 is 15.2 Å². The molecule has 0 saturated carbocycles. The highest BCUT2D eigenvalue weighted by Gasteiger charge is 2.14. The van der Waals surface area contributed by atoms with Gasteiger partial charge >= 0.3 is 5.97 Å². The van der Waals surface area contributed by atoms with Crippen LogP contribution in [0.3, 0.4) is 0 Å². The van der Waals surface area contributed by atoms with Crippen LogP contribution in [0.15, 0.2) is 82.9 Å². The number of rotatable bonds is 9. The molecule has 3 N–H and O–H groups in total. The van der Waals surface area contributed by atoms with E-state index in [-0.39, 0.29) is 5.70 Å². The van der Waals surface area contributed by atoms with Gasteiger partial charge in [0.1, 0.15) is 11.4 Å². The number of amides is 2. The molecule has 0 aliphatic rings. The molecule has 0 atom stereocenters. The maximum absolute atomic E-state index is 12.7. The number of nitrogens with zero attached hydrogens (tertiary/aromatic N) is 1. The summed E-state index contributed by atoms with van der Waals surface area (Å²) in [6.07, 6.45) is 2.89. The van der Waals surface area contributed by atoms with Gasteiger partial charge in [0.2, 0.25) is 0 Å². The number of nitrogens with one attached hydrogen (secondary N) is 2. The molecule has 0 fully saturated rings. The van der Waals surface area contributed by atoms with Gasteiger partial charge in [-0.15, -0.1) is 11.3 Å². The first-order valence-corrected chi connectivity index (χ1v) is 10.3. The fraction of sp³-hybridized carbons (Fsp3) is 0.0435. The van der Waals surface area contributed by atoms with Crippen LogP contribution in [0.2, 0.25) is 0 Å². The summed E-state index contributed by atoms with van der Waals surface area (Å²) in [5.41, 5.74) is 3.28. The minimum absolute atomic E-state index is 0.0221. The molecule has 162 valence electrons. The van der Waals surface area contributed by atoms with Crippen LogP contribution in [0.5, 0.6) is 5.75 Å². The van der Waals surface area contributed by atoms with Crippen molar-refractivity contribution in [3.63, 3.8) is 0 Å². The molecule has 3 aromatic rings. The molecule has 8 nitrogen and oxygen atoms in total. The Hall–Kier alpha value is -4.24. The predicted octanol–water partition coefficient (Wildman–Crippen LogP) is 3.13. The van der Waals surface area contributed by atoms with Gasteiger partial charge in [0.05, 0.1) is 6.21 Å². The molecule has 9 heteroatoms. The maximum Gasteiger partial charge on any atom is 0.341 e. The number of thiophene rings is 1. The zero-order valence-electron chi connectivity index (χ0n) is 16.7. The van der Waals surface area contributed by atoms with E-state index >= 15 is 0 Å². The van der Waals surface area contributed by atoms with Gasteiger partial charge in [-0.1, -0.05) is 36.4 Å². The topological polar surface area (TPSA) is 117 Å². The van der Waals surface area contributed by atoms with Crippen molar-refractivity contribution in [1.29, 1.82) is 0 Å². The number of carboxylic acids is 1. The quantitative estimate of drug-likeness (QED) is 0.264. The highest BCUT2D eigenvalue weighted by atomic mass is 32.1. The summed E-state index contributed by atoms with van der Waals surface area (Å²) in [4.78, 5) is 36.7. The number of hydrogen-bond acceptors (Lipinski definition) is 6. The standard InChI is InChI=1S/C23H19N3O5S/c27-21(28)15-31-20-11-5-4-9-17(20)14-24-26-23(30)19(13-18-10-6-12-32-18)25-22(29)16-7-2-1-3-8-16/h1-14H,15H2,(H,25,29)(H,26,30)(H,27,28)/b19-13+,24-14-. The summed E-state index contributed by atoms with van der Waals surface area (Å²) in [5.74, 6) is -1.86. The first-order chi connectivity index (χ1) is 15.5. The van der Waals surface area contributed by atoms with Gasteiger partial charge in [-0.25, -0.2) is 10.2 Å². The van der Waals surface area contributed by atoms with E-state index in [0.717, 1.165) is 4.88 Å². The molecule has 0 unspecified atom stereocenters. The van der Waals surface area contributed by atoms with Gasteiger partial charge in [-0.05, 0) is 41.8 Å². The van der Waals surface area contributed by atoms with E-state index in [1.807, 2.05) is 17.5 Å². The smallest absolute Gasteiger partial charge is 0.341 e. The Bertz CT molecular complexity index is 1140. The summed E-state index contributed by atoms with van der Waals surface area (Å²) in [5, 5.41) is 17.2. The largest absolute Gasteiger partial charge is 0.481 e. The molecular weight excluding hydrogens is 430 g/mol. The van der Waals surface area contributed by atoms with Crippen molar-refractivity contribution >= 4 is 41.4 Å². The van der Waals surface area contributed by atoms with E-state index in [2.05, 4.69) is 15.8 Å². The third kappa shape index (κ3) is 6.64. The van der Waals surface area contributed by atoms with Crippen molar-refractivity contribution in [2.45, 2.75) is 0 Å². The van der Waals surface area contributed by atoms with Crippen LogP contribution in [0.4, 0.5) is 0 Å². The predicted molar refractivity (Wildman–Crippen MR) is 122 cm³/mol. The lowest BCUT2D eigenvalue weighted by molar-refractivity contribution is -0.139. The van der Waals surface area contributed by atoms with E-state index in [0.29, 0.717) is 16.9 Å². The van der Waals surface area contributed by atoms with Crippen molar-refractivity contribution in [2.24, 2.45) is 5.10 Å². The second-order valence-electron chi connectivity index (χ2n) is 6.31. The Labute approximate surface area is 187 Å². The molecule has 1 aromatic heterocycles. The molecule has 0 aliphatic heterocycles. The van der Waals surface area contributed by atoms with Gasteiger partial charge in [0.25, 0.3) is 11.8 Å². The molecule has 0 saturated heterocycles. The number of carboxylic acid groups (broad SMARTS) is 1. The lowest BCUT2D eigenvalue weighted by Crippen LogP contribution is -2.32. The Balaban J connectivity index is 1.73. The number of aliphatic carboxylic acids is 1. The summed E-state index contributed by atoms with van der Waals surface area (Å²) >= 11 is 1.41. The van der Waals surface area contributed by atoms with E-state index in [4.69, 9.17) is 9.84 Å². The molecular formula is C23H19N3O5S. The van der Waals surface area contributed by atoms with Crippen LogP contribution in [-0.2, 0) is 9.59 Å². The zero-order valence-corrected chi connectivity index (χ0v) is 17.5. The normalized spacial score (nSPS) is 11.2. The van der Waals surface area contributed by atoms with Crippen LogP contribution in [0, 0.1) is 0 Å². The Morgan fingerprint density at radius 1 is 1.00 bits per heavy atom. The van der Waals surface area contributed by atoms with Crippen molar-refractivity contribution in [3.05, 3.63) is 93.8 Å². The summed E-state index contributed by atoms with van der Waals surface area (Å²) in [7, 11) is 0. The number of benzene rings is 2. The lowest BCUT2D eigenvalue weighted by atomic mass is 10.2. The third-order valence-corrected chi connectivity index (χ3v) is 4.82. The van der Waals surface area contributed by atoms with Crippen LogP contribution < -0.4 is 15.5 Å². The highest BCUT2D eigenvalue weighted by molar-refractivity contribution is 7.10. The van der Waals surface area contributed by atoms with Crippen molar-refractivity contribution in [2.75, 3.05) is 6.61 Å². The molecule has 3 rings (SSSR count). The van der Waals surface area contributed by atoms with Crippen molar-refractivity contribution in [1.82, 2.24) is 10.7 Å². The van der Waals surface area contributed by atoms with E-state index in [1.165, 1.54) is 17.6 Å². The SMILES string of the molecule is O=C(O)COc1ccccc1/C=N\NC(=O)/C(=C\c1cccs1)NC(=O)c1ccccc1. The summed E-state index contributed by atoms with van der Waals surface area (Å²) < 4.78 is 5.20. The molecule has 2 amide bonds. The second kappa shape index (κ2) is 11.2. The zero-order chi connectivity index (χ0) is 22.8. The number of hydrazone groups is 1. The fourth-order valence-electron chi connectivity index (χ4n) is 2.54. The highest BCUT2D eigenvalue weighted by Crippen LogP contribution is 2.16. The van der Waals surface area contributed by atoms with Gasteiger partial charge in [-0.2, -0.15) is 5.10 Å². The number of carbonyl (C=O) groups excluding carboxylic acids is 2. The lowest BCUT2D eigenvalue weighted by Gasteiger charge is -2.09. The van der Waals surface area contributed by atoms with Crippen LogP contribution >= 0.6 is 11.3 Å². The number of hydrogen-bond donors (Lipinski definition) is 3. The van der Waals surface area contributed by atoms with E-state index < -0.39 is 24.4 Å². The molecule has 1 heterocycles. The molecule has 2 aromatic carbocycles. The average molecular weight is 449 g/mol. The first-order valence-electron chi connectivity index (χ1n) is 9.41. The van der Waals surface area contributed by atoms with Crippen molar-refractivity contribution < 1.29 is 24.2 Å². The number of para-hydroxylation sites is 1. The maximum atomic E-state index is 12.7. The van der Waals surface area contributed by atoms with Gasteiger partial charge in [0, 0.05) is 16.0 Å².